The van der Waals surface area contributed by atoms with Crippen molar-refractivity contribution in [3.8, 4) is 5.88 Å². The Morgan fingerprint density at radius 3 is 2.53 bits per heavy atom. The van der Waals surface area contributed by atoms with E-state index >= 15 is 0 Å². The number of hydrogen-bond donors (Lipinski definition) is 2. The van der Waals surface area contributed by atoms with Crippen molar-refractivity contribution in [2.24, 2.45) is 0 Å². The van der Waals surface area contributed by atoms with Gasteiger partial charge in [0, 0.05) is 11.0 Å². The van der Waals surface area contributed by atoms with Crippen molar-refractivity contribution in [2.75, 3.05) is 5.75 Å². The van der Waals surface area contributed by atoms with Crippen LogP contribution in [0.5, 0.6) is 5.88 Å². The quantitative estimate of drug-likeness (QED) is 0.165. The van der Waals surface area contributed by atoms with E-state index in [1.54, 1.807) is 18.2 Å². The molecule has 0 aliphatic rings. The summed E-state index contributed by atoms with van der Waals surface area (Å²) in [6.07, 6.45) is -7.32. The molecule has 0 aliphatic heterocycles. The third kappa shape index (κ3) is 4.92. The number of nitrogens with one attached hydrogen (secondary N) is 1. The molecule has 2 aromatic carbocycles. The van der Waals surface area contributed by atoms with Gasteiger partial charge in [-0.3, -0.25) is 5.10 Å². The lowest BCUT2D eigenvalue weighted by Crippen LogP contribution is -2.12. The predicted molar refractivity (Wildman–Crippen MR) is 120 cm³/mol. The summed E-state index contributed by atoms with van der Waals surface area (Å²) in [6, 6.07) is 6.42. The molecule has 178 valence electrons. The number of benzene rings is 2. The molecule has 0 aliphatic carbocycles. The summed E-state index contributed by atoms with van der Waals surface area (Å²) < 4.78 is 81.0. The molecular formula is C22H15F6N3OS2. The van der Waals surface area contributed by atoms with Crippen LogP contribution in [0.3, 0.4) is 0 Å². The van der Waals surface area contributed by atoms with Crippen LogP contribution in [0.4, 0.5) is 26.3 Å². The minimum Gasteiger partial charge on any atom is -0.492 e. The number of aromatic amines is 1. The van der Waals surface area contributed by atoms with Crippen molar-refractivity contribution in [1.29, 1.82) is 0 Å². The van der Waals surface area contributed by atoms with E-state index in [-0.39, 0.29) is 22.4 Å². The fourth-order valence-electron chi connectivity index (χ4n) is 3.30. The number of alkyl halides is 6. The molecule has 4 nitrogen and oxygen atoms in total. The second-order valence-electron chi connectivity index (χ2n) is 7.09. The highest BCUT2D eigenvalue weighted by Gasteiger charge is 2.38. The Kier molecular flexibility index (Phi) is 6.38. The number of nitrogens with zero attached hydrogens (tertiary/aromatic N) is 2. The van der Waals surface area contributed by atoms with Crippen molar-refractivity contribution in [3.05, 3.63) is 69.7 Å². The summed E-state index contributed by atoms with van der Waals surface area (Å²) in [4.78, 5) is 4.27. The molecule has 2 heterocycles. The molecule has 0 atom stereocenters. The number of thiazole rings is 1. The van der Waals surface area contributed by atoms with Gasteiger partial charge in [0.05, 0.1) is 27.7 Å². The SMILES string of the molecule is CCSc1nc(O)c(C(=Cc2ccc(C(F)(F)F)cc2C(F)(F)F)c2ccc3[nH]ncc3c2)s1. The summed E-state index contributed by atoms with van der Waals surface area (Å²) in [5, 5.41) is 17.8. The van der Waals surface area contributed by atoms with Crippen molar-refractivity contribution in [1.82, 2.24) is 15.2 Å². The molecule has 2 N–H and O–H groups in total. The maximum Gasteiger partial charge on any atom is 0.417 e. The number of fused-ring (bicyclic) bond motifs is 1. The Labute approximate surface area is 197 Å². The predicted octanol–water partition coefficient (Wildman–Crippen LogP) is 7.46. The molecule has 0 spiro atoms. The van der Waals surface area contributed by atoms with Crippen LogP contribution in [0.1, 0.15) is 34.1 Å². The lowest BCUT2D eigenvalue weighted by molar-refractivity contribution is -0.143. The van der Waals surface area contributed by atoms with E-state index in [1.165, 1.54) is 18.0 Å². The number of H-pyrrole nitrogens is 1. The van der Waals surface area contributed by atoms with E-state index in [9.17, 15) is 31.4 Å². The van der Waals surface area contributed by atoms with Crippen molar-refractivity contribution < 1.29 is 31.4 Å². The van der Waals surface area contributed by atoms with Gasteiger partial charge in [0.2, 0.25) is 5.88 Å². The Bertz CT molecular complexity index is 1370. The van der Waals surface area contributed by atoms with Crippen LogP contribution in [-0.4, -0.2) is 26.0 Å². The first-order valence-electron chi connectivity index (χ1n) is 9.74. The molecule has 0 saturated heterocycles. The zero-order valence-electron chi connectivity index (χ0n) is 17.3. The standard InChI is InChI=1S/C22H15F6N3OS2/c1-2-33-20-30-19(32)18(34-20)15(11-4-6-17-13(7-11)10-29-31-17)8-12-3-5-14(21(23,24)25)9-16(12)22(26,27)28/h3-10,32H,2H2,1H3,(H,29,31). The van der Waals surface area contributed by atoms with Gasteiger partial charge >= 0.3 is 12.4 Å². The molecule has 0 radical (unpaired) electrons. The van der Waals surface area contributed by atoms with Crippen molar-refractivity contribution in [2.45, 2.75) is 23.6 Å². The van der Waals surface area contributed by atoms with Gasteiger partial charge in [-0.05, 0) is 47.2 Å². The lowest BCUT2D eigenvalue weighted by Gasteiger charge is -2.15. The zero-order chi connectivity index (χ0) is 24.7. The average Bonchev–Trinajstić information content (AvgIpc) is 3.36. The molecule has 4 aromatic rings. The normalized spacial score (nSPS) is 13.1. The largest absolute Gasteiger partial charge is 0.492 e. The smallest absolute Gasteiger partial charge is 0.417 e. The van der Waals surface area contributed by atoms with E-state index in [1.807, 2.05) is 6.92 Å². The Morgan fingerprint density at radius 1 is 1.09 bits per heavy atom. The van der Waals surface area contributed by atoms with Gasteiger partial charge in [-0.25, -0.2) is 0 Å². The summed E-state index contributed by atoms with van der Waals surface area (Å²) in [5.41, 5.74) is -2.00. The number of aromatic nitrogens is 3. The lowest BCUT2D eigenvalue weighted by atomic mass is 9.96. The van der Waals surface area contributed by atoms with Crippen LogP contribution < -0.4 is 0 Å². The summed E-state index contributed by atoms with van der Waals surface area (Å²) in [7, 11) is 0. The van der Waals surface area contributed by atoms with E-state index in [0.29, 0.717) is 32.6 Å². The van der Waals surface area contributed by atoms with Crippen LogP contribution in [-0.2, 0) is 12.4 Å². The first-order chi connectivity index (χ1) is 16.0. The van der Waals surface area contributed by atoms with Crippen LogP contribution in [0.2, 0.25) is 0 Å². The van der Waals surface area contributed by atoms with Crippen LogP contribution in [0.25, 0.3) is 22.6 Å². The van der Waals surface area contributed by atoms with Gasteiger partial charge in [-0.2, -0.15) is 36.4 Å². The molecule has 0 fully saturated rings. The Balaban J connectivity index is 1.96. The second kappa shape index (κ2) is 8.99. The third-order valence-corrected chi connectivity index (χ3v) is 6.94. The molecule has 34 heavy (non-hydrogen) atoms. The molecular weight excluding hydrogens is 500 g/mol. The minimum absolute atomic E-state index is 0.0909. The molecule has 4 rings (SSSR count). The number of halogens is 6. The van der Waals surface area contributed by atoms with Gasteiger partial charge in [0.15, 0.2) is 4.34 Å². The molecule has 0 amide bonds. The molecule has 0 unspecified atom stereocenters. The van der Waals surface area contributed by atoms with Crippen LogP contribution in [0.15, 0.2) is 46.9 Å². The molecule has 2 aromatic heterocycles. The average molecular weight is 516 g/mol. The highest BCUT2D eigenvalue weighted by atomic mass is 32.2. The van der Waals surface area contributed by atoms with Gasteiger partial charge < -0.3 is 5.11 Å². The first kappa shape index (κ1) is 24.1. The highest BCUT2D eigenvalue weighted by molar-refractivity contribution is 8.01. The number of aromatic hydroxyl groups is 1. The van der Waals surface area contributed by atoms with E-state index < -0.39 is 29.0 Å². The Morgan fingerprint density at radius 2 is 1.85 bits per heavy atom. The fraction of sp³-hybridized carbons (Fsp3) is 0.182. The number of rotatable bonds is 5. The Hall–Kier alpha value is -2.99. The van der Waals surface area contributed by atoms with Crippen LogP contribution >= 0.6 is 23.1 Å². The maximum absolute atomic E-state index is 13.8. The van der Waals surface area contributed by atoms with Crippen LogP contribution in [0, 0.1) is 0 Å². The van der Waals surface area contributed by atoms with E-state index in [2.05, 4.69) is 15.2 Å². The second-order valence-corrected chi connectivity index (χ2v) is 9.60. The maximum atomic E-state index is 13.8. The van der Waals surface area contributed by atoms with Crippen molar-refractivity contribution >= 4 is 45.7 Å². The summed E-state index contributed by atoms with van der Waals surface area (Å²) in [5.74, 6) is 0.281. The van der Waals surface area contributed by atoms with Gasteiger partial charge in [0.1, 0.15) is 0 Å². The summed E-state index contributed by atoms with van der Waals surface area (Å²) >= 11 is 2.43. The van der Waals surface area contributed by atoms with E-state index in [4.69, 9.17) is 0 Å². The van der Waals surface area contributed by atoms with Gasteiger partial charge in [-0.15, -0.1) is 11.3 Å². The van der Waals surface area contributed by atoms with E-state index in [0.717, 1.165) is 23.5 Å². The monoisotopic (exact) mass is 515 g/mol. The van der Waals surface area contributed by atoms with Crippen molar-refractivity contribution in [3.63, 3.8) is 0 Å². The number of thioether (sulfide) groups is 1. The van der Waals surface area contributed by atoms with Gasteiger partial charge in [0.25, 0.3) is 0 Å². The summed E-state index contributed by atoms with van der Waals surface area (Å²) in [6.45, 7) is 1.88. The molecule has 12 heteroatoms. The minimum atomic E-state index is -5.04. The topological polar surface area (TPSA) is 61.8 Å². The molecule has 0 saturated carbocycles. The first-order valence-corrected chi connectivity index (χ1v) is 11.5. The fourth-order valence-corrected chi connectivity index (χ4v) is 5.27. The molecule has 0 bridgehead atoms. The zero-order valence-corrected chi connectivity index (χ0v) is 18.9. The highest BCUT2D eigenvalue weighted by Crippen LogP contribution is 2.43. The number of hydrogen-bond acceptors (Lipinski definition) is 5. The van der Waals surface area contributed by atoms with Gasteiger partial charge in [-0.1, -0.05) is 30.8 Å². The third-order valence-electron chi connectivity index (χ3n) is 4.84.